The summed E-state index contributed by atoms with van der Waals surface area (Å²) in [4.78, 5) is 12.1. The van der Waals surface area contributed by atoms with Crippen molar-refractivity contribution in [2.45, 2.75) is 25.2 Å². The normalized spacial score (nSPS) is 17.2. The third-order valence-electron chi connectivity index (χ3n) is 4.66. The average Bonchev–Trinajstić information content (AvgIpc) is 2.95. The van der Waals surface area contributed by atoms with Crippen molar-refractivity contribution in [1.29, 1.82) is 0 Å². The highest BCUT2D eigenvalue weighted by Crippen LogP contribution is 2.44. The van der Waals surface area contributed by atoms with Crippen LogP contribution in [-0.4, -0.2) is 19.3 Å². The highest BCUT2D eigenvalue weighted by atomic mass is 16.6. The summed E-state index contributed by atoms with van der Waals surface area (Å²) in [5.74, 6) is 0.0837. The quantitative estimate of drug-likeness (QED) is 0.920. The van der Waals surface area contributed by atoms with Gasteiger partial charge in [0, 0.05) is 18.9 Å². The van der Waals surface area contributed by atoms with Crippen LogP contribution in [-0.2, 0) is 9.47 Å². The number of alkyl carbamates (subject to hydrolysis) is 1. The molecule has 0 unspecified atom stereocenters. The minimum absolute atomic E-state index is 0.0837. The molecule has 1 aliphatic heterocycles. The molecule has 1 amide bonds. The molecule has 0 aromatic heterocycles. The third-order valence-corrected chi connectivity index (χ3v) is 4.66. The van der Waals surface area contributed by atoms with Crippen LogP contribution in [0.2, 0.25) is 0 Å². The van der Waals surface area contributed by atoms with Crippen molar-refractivity contribution in [3.63, 3.8) is 0 Å². The fourth-order valence-electron chi connectivity index (χ4n) is 3.50. The Morgan fingerprint density at radius 3 is 2.33 bits per heavy atom. The first-order valence-electron chi connectivity index (χ1n) is 8.43. The molecule has 1 N–H and O–H groups in total. The van der Waals surface area contributed by atoms with E-state index in [0.29, 0.717) is 19.4 Å². The van der Waals surface area contributed by atoms with Crippen molar-refractivity contribution >= 4 is 6.09 Å². The second kappa shape index (κ2) is 6.65. The first-order valence-corrected chi connectivity index (χ1v) is 8.43. The molecule has 1 aliphatic carbocycles. The van der Waals surface area contributed by atoms with Gasteiger partial charge in [-0.05, 0) is 35.1 Å². The Bertz CT molecular complexity index is 692. The SMILES string of the molecule is O=C(N[C]1CCCCO1)OCC1c2ccccc2-c2ccccc21. The van der Waals surface area contributed by atoms with Gasteiger partial charge >= 0.3 is 6.09 Å². The lowest BCUT2D eigenvalue weighted by molar-refractivity contribution is 0.0691. The van der Waals surface area contributed by atoms with Crippen molar-refractivity contribution in [2.75, 3.05) is 13.2 Å². The average molecular weight is 322 g/mol. The molecule has 4 rings (SSSR count). The van der Waals surface area contributed by atoms with Gasteiger partial charge < -0.3 is 9.47 Å². The molecule has 2 aromatic rings. The Hall–Kier alpha value is -2.33. The van der Waals surface area contributed by atoms with E-state index in [9.17, 15) is 4.79 Å². The molecular weight excluding hydrogens is 302 g/mol. The van der Waals surface area contributed by atoms with Gasteiger partial charge in [0.25, 0.3) is 0 Å². The number of carbonyl (C=O) groups excluding carboxylic acids is 1. The smallest absolute Gasteiger partial charge is 0.409 e. The summed E-state index contributed by atoms with van der Waals surface area (Å²) in [7, 11) is 0. The van der Waals surface area contributed by atoms with Crippen LogP contribution in [0.1, 0.15) is 36.3 Å². The molecule has 4 heteroatoms. The summed E-state index contributed by atoms with van der Waals surface area (Å²) >= 11 is 0. The largest absolute Gasteiger partial charge is 0.448 e. The lowest BCUT2D eigenvalue weighted by atomic mass is 9.98. The van der Waals surface area contributed by atoms with E-state index in [4.69, 9.17) is 9.47 Å². The van der Waals surface area contributed by atoms with Crippen LogP contribution in [0.4, 0.5) is 4.79 Å². The van der Waals surface area contributed by atoms with Crippen molar-refractivity contribution in [3.8, 4) is 11.1 Å². The van der Waals surface area contributed by atoms with E-state index < -0.39 is 6.09 Å². The summed E-state index contributed by atoms with van der Waals surface area (Å²) in [6.07, 6.45) is 3.03. The molecule has 1 radical (unpaired) electrons. The number of hydrogen-bond acceptors (Lipinski definition) is 3. The number of rotatable bonds is 3. The second-order valence-corrected chi connectivity index (χ2v) is 6.18. The molecule has 2 aliphatic rings. The molecule has 0 saturated carbocycles. The van der Waals surface area contributed by atoms with Crippen LogP contribution in [0.25, 0.3) is 11.1 Å². The zero-order valence-corrected chi connectivity index (χ0v) is 13.5. The van der Waals surface area contributed by atoms with Gasteiger partial charge in [-0.25, -0.2) is 4.79 Å². The lowest BCUT2D eigenvalue weighted by Gasteiger charge is -2.22. The Morgan fingerprint density at radius 1 is 1.04 bits per heavy atom. The molecule has 4 nitrogen and oxygen atoms in total. The van der Waals surface area contributed by atoms with Gasteiger partial charge in [0.05, 0.1) is 0 Å². The lowest BCUT2D eigenvalue weighted by Crippen LogP contribution is -2.33. The molecule has 1 heterocycles. The van der Waals surface area contributed by atoms with Crippen LogP contribution in [0.15, 0.2) is 48.5 Å². The third kappa shape index (κ3) is 2.89. The Balaban J connectivity index is 1.45. The highest BCUT2D eigenvalue weighted by molar-refractivity contribution is 5.79. The number of ether oxygens (including phenoxy) is 2. The monoisotopic (exact) mass is 322 g/mol. The number of amides is 1. The topological polar surface area (TPSA) is 47.6 Å². The Morgan fingerprint density at radius 2 is 1.71 bits per heavy atom. The van der Waals surface area contributed by atoms with E-state index in [1.807, 2.05) is 24.3 Å². The maximum atomic E-state index is 12.1. The number of benzene rings is 2. The predicted octanol–water partition coefficient (Wildman–Crippen LogP) is 4.22. The highest BCUT2D eigenvalue weighted by Gasteiger charge is 2.29. The van der Waals surface area contributed by atoms with Gasteiger partial charge in [-0.1, -0.05) is 48.5 Å². The number of fused-ring (bicyclic) bond motifs is 3. The standard InChI is InChI=1S/C20H20NO3/c22-20(21-19-11-5-6-12-23-19)24-13-18-16-9-3-1-7-14(16)15-8-2-4-10-17(15)18/h1-4,7-10,18H,5-6,11-13H2,(H,21,22). The predicted molar refractivity (Wildman–Crippen MR) is 91.3 cm³/mol. The van der Waals surface area contributed by atoms with E-state index in [1.54, 1.807) is 0 Å². The molecule has 2 aromatic carbocycles. The van der Waals surface area contributed by atoms with Crippen LogP contribution >= 0.6 is 0 Å². The van der Waals surface area contributed by atoms with Gasteiger partial charge in [-0.2, -0.15) is 0 Å². The van der Waals surface area contributed by atoms with Crippen LogP contribution in [0.3, 0.4) is 0 Å². The fraction of sp³-hybridized carbons (Fsp3) is 0.300. The van der Waals surface area contributed by atoms with Gasteiger partial charge in [-0.15, -0.1) is 0 Å². The molecule has 0 atom stereocenters. The van der Waals surface area contributed by atoms with E-state index in [0.717, 1.165) is 19.3 Å². The van der Waals surface area contributed by atoms with Crippen LogP contribution in [0.5, 0.6) is 0 Å². The van der Waals surface area contributed by atoms with Gasteiger partial charge in [-0.3, -0.25) is 5.32 Å². The van der Waals surface area contributed by atoms with Crippen molar-refractivity contribution in [3.05, 3.63) is 65.9 Å². The van der Waals surface area contributed by atoms with Gasteiger partial charge in [0.15, 0.2) is 6.23 Å². The first kappa shape index (κ1) is 15.2. The first-order chi connectivity index (χ1) is 11.8. The molecular formula is C20H20NO3. The Kier molecular flexibility index (Phi) is 4.22. The van der Waals surface area contributed by atoms with E-state index in [-0.39, 0.29) is 5.92 Å². The minimum atomic E-state index is -0.436. The molecule has 24 heavy (non-hydrogen) atoms. The molecule has 123 valence electrons. The van der Waals surface area contributed by atoms with Crippen molar-refractivity contribution in [1.82, 2.24) is 5.32 Å². The summed E-state index contributed by atoms with van der Waals surface area (Å²) in [6.45, 7) is 0.992. The summed E-state index contributed by atoms with van der Waals surface area (Å²) < 4.78 is 10.9. The molecule has 1 fully saturated rings. The second-order valence-electron chi connectivity index (χ2n) is 6.18. The van der Waals surface area contributed by atoms with Crippen LogP contribution in [0, 0.1) is 6.23 Å². The van der Waals surface area contributed by atoms with E-state index >= 15 is 0 Å². The number of nitrogens with one attached hydrogen (secondary N) is 1. The van der Waals surface area contributed by atoms with Gasteiger partial charge in [0.2, 0.25) is 0 Å². The zero-order chi connectivity index (χ0) is 16.4. The molecule has 1 saturated heterocycles. The summed E-state index contributed by atoms with van der Waals surface area (Å²) in [5, 5.41) is 2.72. The van der Waals surface area contributed by atoms with Crippen molar-refractivity contribution < 1.29 is 14.3 Å². The number of carbonyl (C=O) groups is 1. The van der Waals surface area contributed by atoms with Gasteiger partial charge in [0.1, 0.15) is 6.61 Å². The van der Waals surface area contributed by atoms with Crippen LogP contribution < -0.4 is 5.32 Å². The van der Waals surface area contributed by atoms with E-state index in [2.05, 4.69) is 29.6 Å². The zero-order valence-electron chi connectivity index (χ0n) is 13.5. The minimum Gasteiger partial charge on any atom is -0.448 e. The maximum Gasteiger partial charge on any atom is 0.409 e. The maximum absolute atomic E-state index is 12.1. The summed E-state index contributed by atoms with van der Waals surface area (Å²) in [5.41, 5.74) is 4.89. The fourth-order valence-corrected chi connectivity index (χ4v) is 3.50. The van der Waals surface area contributed by atoms with Crippen molar-refractivity contribution in [2.24, 2.45) is 0 Å². The molecule has 0 bridgehead atoms. The Labute approximate surface area is 141 Å². The van der Waals surface area contributed by atoms with E-state index in [1.165, 1.54) is 22.3 Å². The molecule has 0 spiro atoms. The number of hydrogen-bond donors (Lipinski definition) is 1. The summed E-state index contributed by atoms with van der Waals surface area (Å²) in [6, 6.07) is 16.6.